The molecule has 0 unspecified atom stereocenters. The lowest BCUT2D eigenvalue weighted by Crippen LogP contribution is -1.93. The first kappa shape index (κ1) is 8.04. The molecule has 4 heteroatoms. The number of nitrogens with zero attached hydrogens (tertiary/aromatic N) is 2. The van der Waals surface area contributed by atoms with Gasteiger partial charge < -0.3 is 5.73 Å². The Morgan fingerprint density at radius 1 is 1.38 bits per heavy atom. The van der Waals surface area contributed by atoms with Gasteiger partial charge in [-0.2, -0.15) is 5.10 Å². The minimum absolute atomic E-state index is 0.415. The van der Waals surface area contributed by atoms with Gasteiger partial charge in [-0.25, -0.2) is 4.98 Å². The van der Waals surface area contributed by atoms with Gasteiger partial charge in [-0.1, -0.05) is 13.8 Å². The quantitative estimate of drug-likeness (QED) is 0.694. The molecule has 13 heavy (non-hydrogen) atoms. The molecule has 0 aliphatic rings. The molecule has 0 bridgehead atoms. The number of nitrogen functional groups attached to an aromatic ring is 1. The Hall–Kier alpha value is -1.58. The summed E-state index contributed by atoms with van der Waals surface area (Å²) in [5.74, 6) is 0.885. The summed E-state index contributed by atoms with van der Waals surface area (Å²) in [6.07, 6.45) is 0. The standard InChI is InChI=1S/C9H12N4/c1-5(2)6-3-4-7-8(11-6)9(10)13-12-7/h3-5H,1-2H3,(H3,10,12,13). The van der Waals surface area contributed by atoms with Crippen LogP contribution in [0.4, 0.5) is 5.82 Å². The van der Waals surface area contributed by atoms with Crippen molar-refractivity contribution in [2.75, 3.05) is 5.73 Å². The van der Waals surface area contributed by atoms with Crippen molar-refractivity contribution in [3.63, 3.8) is 0 Å². The van der Waals surface area contributed by atoms with E-state index in [-0.39, 0.29) is 0 Å². The fraction of sp³-hybridized carbons (Fsp3) is 0.333. The largest absolute Gasteiger partial charge is 0.380 e. The Balaban J connectivity index is 2.66. The maximum atomic E-state index is 5.64. The number of rotatable bonds is 1. The van der Waals surface area contributed by atoms with Gasteiger partial charge in [0.2, 0.25) is 0 Å². The van der Waals surface area contributed by atoms with Crippen molar-refractivity contribution < 1.29 is 0 Å². The highest BCUT2D eigenvalue weighted by Crippen LogP contribution is 2.19. The highest BCUT2D eigenvalue weighted by molar-refractivity contribution is 5.84. The normalized spacial score (nSPS) is 11.3. The third kappa shape index (κ3) is 1.24. The van der Waals surface area contributed by atoms with Crippen molar-refractivity contribution >= 4 is 16.9 Å². The molecule has 3 N–H and O–H groups in total. The fourth-order valence-corrected chi connectivity index (χ4v) is 1.25. The van der Waals surface area contributed by atoms with Gasteiger partial charge in [0.05, 0.1) is 5.52 Å². The van der Waals surface area contributed by atoms with E-state index in [0.717, 1.165) is 16.7 Å². The number of fused-ring (bicyclic) bond motifs is 1. The van der Waals surface area contributed by atoms with Crippen molar-refractivity contribution in [1.29, 1.82) is 0 Å². The van der Waals surface area contributed by atoms with Gasteiger partial charge in [0.15, 0.2) is 5.82 Å². The molecule has 0 aliphatic heterocycles. The number of hydrogen-bond donors (Lipinski definition) is 2. The zero-order valence-corrected chi connectivity index (χ0v) is 7.70. The molecule has 2 heterocycles. The van der Waals surface area contributed by atoms with Gasteiger partial charge in [-0.05, 0) is 18.1 Å². The molecule has 0 spiro atoms. The van der Waals surface area contributed by atoms with Crippen LogP contribution in [0.1, 0.15) is 25.5 Å². The average Bonchev–Trinajstić information content (AvgIpc) is 2.47. The van der Waals surface area contributed by atoms with Crippen LogP contribution in [0.15, 0.2) is 12.1 Å². The molecular formula is C9H12N4. The molecule has 0 saturated heterocycles. The second kappa shape index (κ2) is 2.73. The van der Waals surface area contributed by atoms with Gasteiger partial charge in [-0.3, -0.25) is 5.10 Å². The summed E-state index contributed by atoms with van der Waals surface area (Å²) in [6, 6.07) is 3.95. The fourth-order valence-electron chi connectivity index (χ4n) is 1.25. The Morgan fingerprint density at radius 2 is 2.15 bits per heavy atom. The zero-order valence-electron chi connectivity index (χ0n) is 7.70. The van der Waals surface area contributed by atoms with Gasteiger partial charge in [0.1, 0.15) is 5.52 Å². The van der Waals surface area contributed by atoms with Crippen molar-refractivity contribution in [2.45, 2.75) is 19.8 Å². The van der Waals surface area contributed by atoms with Gasteiger partial charge in [-0.15, -0.1) is 0 Å². The average molecular weight is 176 g/mol. The van der Waals surface area contributed by atoms with Crippen LogP contribution in [0.3, 0.4) is 0 Å². The van der Waals surface area contributed by atoms with Crippen LogP contribution in [-0.4, -0.2) is 15.2 Å². The van der Waals surface area contributed by atoms with Crippen molar-refractivity contribution in [3.8, 4) is 0 Å². The molecule has 2 aromatic heterocycles. The molecule has 0 fully saturated rings. The molecular weight excluding hydrogens is 164 g/mol. The Bertz CT molecular complexity index is 430. The molecule has 0 amide bonds. The first-order chi connectivity index (χ1) is 6.18. The lowest BCUT2D eigenvalue weighted by atomic mass is 10.1. The lowest BCUT2D eigenvalue weighted by molar-refractivity contribution is 0.830. The van der Waals surface area contributed by atoms with E-state index in [2.05, 4.69) is 29.0 Å². The number of pyridine rings is 1. The van der Waals surface area contributed by atoms with E-state index < -0.39 is 0 Å². The second-order valence-corrected chi connectivity index (χ2v) is 3.40. The molecule has 0 atom stereocenters. The topological polar surface area (TPSA) is 67.6 Å². The molecule has 0 saturated carbocycles. The summed E-state index contributed by atoms with van der Waals surface area (Å²) in [6.45, 7) is 4.20. The van der Waals surface area contributed by atoms with Crippen LogP contribution in [0.5, 0.6) is 0 Å². The van der Waals surface area contributed by atoms with Crippen LogP contribution in [0.25, 0.3) is 11.0 Å². The first-order valence-electron chi connectivity index (χ1n) is 4.29. The van der Waals surface area contributed by atoms with Gasteiger partial charge >= 0.3 is 0 Å². The van der Waals surface area contributed by atoms with Crippen molar-refractivity contribution in [2.24, 2.45) is 0 Å². The predicted molar refractivity (Wildman–Crippen MR) is 52.4 cm³/mol. The van der Waals surface area contributed by atoms with E-state index in [9.17, 15) is 0 Å². The van der Waals surface area contributed by atoms with E-state index in [1.807, 2.05) is 12.1 Å². The van der Waals surface area contributed by atoms with Gasteiger partial charge in [0.25, 0.3) is 0 Å². The Kier molecular flexibility index (Phi) is 1.69. The van der Waals surface area contributed by atoms with Crippen LogP contribution in [-0.2, 0) is 0 Å². The van der Waals surface area contributed by atoms with E-state index >= 15 is 0 Å². The highest BCUT2D eigenvalue weighted by atomic mass is 15.2. The third-order valence-electron chi connectivity index (χ3n) is 2.05. The van der Waals surface area contributed by atoms with Crippen molar-refractivity contribution in [3.05, 3.63) is 17.8 Å². The van der Waals surface area contributed by atoms with E-state index in [4.69, 9.17) is 5.73 Å². The number of nitrogens with one attached hydrogen (secondary N) is 1. The summed E-state index contributed by atoms with van der Waals surface area (Å²) in [5, 5.41) is 6.70. The van der Waals surface area contributed by atoms with Crippen LogP contribution < -0.4 is 5.73 Å². The Morgan fingerprint density at radius 3 is 2.85 bits per heavy atom. The summed E-state index contributed by atoms with van der Waals surface area (Å²) in [7, 11) is 0. The molecule has 2 rings (SSSR count). The maximum Gasteiger partial charge on any atom is 0.171 e. The molecule has 68 valence electrons. The minimum atomic E-state index is 0.415. The minimum Gasteiger partial charge on any atom is -0.380 e. The Labute approximate surface area is 76.2 Å². The molecule has 4 nitrogen and oxygen atoms in total. The van der Waals surface area contributed by atoms with E-state index in [1.165, 1.54) is 0 Å². The summed E-state index contributed by atoms with van der Waals surface area (Å²) in [5.41, 5.74) is 8.34. The summed E-state index contributed by atoms with van der Waals surface area (Å²) < 4.78 is 0. The van der Waals surface area contributed by atoms with Crippen LogP contribution in [0.2, 0.25) is 0 Å². The van der Waals surface area contributed by atoms with E-state index in [0.29, 0.717) is 11.7 Å². The lowest BCUT2D eigenvalue weighted by Gasteiger charge is -2.02. The number of aromatic amines is 1. The van der Waals surface area contributed by atoms with Crippen molar-refractivity contribution in [1.82, 2.24) is 15.2 Å². The SMILES string of the molecule is CC(C)c1ccc2[nH]nc(N)c2n1. The summed E-state index contributed by atoms with van der Waals surface area (Å²) in [4.78, 5) is 4.42. The third-order valence-corrected chi connectivity index (χ3v) is 2.05. The summed E-state index contributed by atoms with van der Waals surface area (Å²) >= 11 is 0. The number of anilines is 1. The molecule has 0 aliphatic carbocycles. The van der Waals surface area contributed by atoms with Crippen LogP contribution >= 0.6 is 0 Å². The molecule has 2 aromatic rings. The van der Waals surface area contributed by atoms with Gasteiger partial charge in [0, 0.05) is 5.69 Å². The monoisotopic (exact) mass is 176 g/mol. The number of hydrogen-bond acceptors (Lipinski definition) is 3. The molecule has 0 aromatic carbocycles. The van der Waals surface area contributed by atoms with Crippen LogP contribution in [0, 0.1) is 0 Å². The first-order valence-corrected chi connectivity index (χ1v) is 4.29. The number of H-pyrrole nitrogens is 1. The predicted octanol–water partition coefficient (Wildman–Crippen LogP) is 1.66. The maximum absolute atomic E-state index is 5.64. The zero-order chi connectivity index (χ0) is 9.42. The number of aromatic nitrogens is 3. The smallest absolute Gasteiger partial charge is 0.171 e. The van der Waals surface area contributed by atoms with E-state index in [1.54, 1.807) is 0 Å². The molecule has 0 radical (unpaired) electrons. The highest BCUT2D eigenvalue weighted by Gasteiger charge is 2.06. The number of nitrogens with two attached hydrogens (primary N) is 1. The second-order valence-electron chi connectivity index (χ2n) is 3.40.